The highest BCUT2D eigenvalue weighted by atomic mass is 16.5. The molecule has 3 aliphatic rings. The maximum atomic E-state index is 13.3. The average molecular weight is 397 g/mol. The Labute approximate surface area is 173 Å². The normalized spacial score (nSPS) is 42.3. The molecule has 0 radical (unpaired) electrons. The number of ketones is 1. The van der Waals surface area contributed by atoms with Crippen molar-refractivity contribution in [2.75, 3.05) is 0 Å². The van der Waals surface area contributed by atoms with Crippen molar-refractivity contribution in [3.05, 3.63) is 59.9 Å². The Balaban J connectivity index is 2.01. The Morgan fingerprint density at radius 2 is 1.76 bits per heavy atom. The van der Waals surface area contributed by atoms with Gasteiger partial charge in [0, 0.05) is 12.0 Å². The second kappa shape index (κ2) is 8.98. The van der Waals surface area contributed by atoms with Gasteiger partial charge in [0.15, 0.2) is 5.78 Å². The molecular weight excluding hydrogens is 364 g/mol. The molecule has 29 heavy (non-hydrogen) atoms. The summed E-state index contributed by atoms with van der Waals surface area (Å²) in [4.78, 5) is 25.7. The van der Waals surface area contributed by atoms with Gasteiger partial charge in [-0.05, 0) is 63.4 Å². The van der Waals surface area contributed by atoms with Gasteiger partial charge in [-0.15, -0.1) is 0 Å². The predicted molar refractivity (Wildman–Crippen MR) is 114 cm³/mol. The van der Waals surface area contributed by atoms with Crippen LogP contribution >= 0.6 is 0 Å². The van der Waals surface area contributed by atoms with Crippen LogP contribution in [0.4, 0.5) is 0 Å². The monoisotopic (exact) mass is 396 g/mol. The van der Waals surface area contributed by atoms with E-state index in [0.29, 0.717) is 5.92 Å². The maximum Gasteiger partial charge on any atom is 0.316 e. The summed E-state index contributed by atoms with van der Waals surface area (Å²) in [6.45, 7) is 7.61. The second-order valence-corrected chi connectivity index (χ2v) is 8.77. The molecule has 0 aromatic heterocycles. The molecule has 0 saturated carbocycles. The Hall–Kier alpha value is -2.36. The molecule has 1 heterocycles. The molecular formula is C25H32O4. The Morgan fingerprint density at radius 1 is 1.03 bits per heavy atom. The van der Waals surface area contributed by atoms with Gasteiger partial charge in [0.1, 0.15) is 17.8 Å². The lowest BCUT2D eigenvalue weighted by Gasteiger charge is -2.42. The number of rotatable bonds is 0. The number of allylic oxidation sites excluding steroid dienone is 8. The van der Waals surface area contributed by atoms with Crippen LogP contribution in [0.15, 0.2) is 59.9 Å². The molecule has 0 fully saturated rings. The van der Waals surface area contributed by atoms with Gasteiger partial charge in [0.25, 0.3) is 0 Å². The molecule has 0 unspecified atom stereocenters. The first-order valence-corrected chi connectivity index (χ1v) is 10.6. The van der Waals surface area contributed by atoms with Crippen molar-refractivity contribution >= 4 is 11.8 Å². The van der Waals surface area contributed by atoms with Crippen molar-refractivity contribution in [1.82, 2.24) is 0 Å². The number of fused-ring (bicyclic) bond motifs is 3. The minimum atomic E-state index is -0.868. The van der Waals surface area contributed by atoms with Gasteiger partial charge in [-0.25, -0.2) is 0 Å². The molecule has 0 saturated heterocycles. The summed E-state index contributed by atoms with van der Waals surface area (Å²) >= 11 is 0. The zero-order valence-corrected chi connectivity index (χ0v) is 17.7. The highest BCUT2D eigenvalue weighted by Gasteiger charge is 2.42. The predicted octanol–water partition coefficient (Wildman–Crippen LogP) is 5.10. The fraction of sp³-hybridized carbons (Fsp3) is 0.520. The van der Waals surface area contributed by atoms with E-state index in [0.717, 1.165) is 12.8 Å². The topological polar surface area (TPSA) is 63.6 Å². The lowest BCUT2D eigenvalue weighted by atomic mass is 9.61. The lowest BCUT2D eigenvalue weighted by molar-refractivity contribution is -0.150. The van der Waals surface area contributed by atoms with E-state index in [1.54, 1.807) is 13.8 Å². The number of aliphatic hydroxyl groups is 1. The number of esters is 1. The summed E-state index contributed by atoms with van der Waals surface area (Å²) in [5.41, 5.74) is 1.37. The number of hydrogen-bond acceptors (Lipinski definition) is 4. The molecule has 4 nitrogen and oxygen atoms in total. The molecule has 4 heteroatoms. The summed E-state index contributed by atoms with van der Waals surface area (Å²) < 4.78 is 5.35. The van der Waals surface area contributed by atoms with Crippen LogP contribution in [0.1, 0.15) is 40.5 Å². The third kappa shape index (κ3) is 4.80. The summed E-state index contributed by atoms with van der Waals surface area (Å²) in [6, 6.07) is 0. The van der Waals surface area contributed by atoms with Gasteiger partial charge >= 0.3 is 5.97 Å². The van der Waals surface area contributed by atoms with Crippen LogP contribution in [0.3, 0.4) is 0 Å². The fourth-order valence-corrected chi connectivity index (χ4v) is 4.72. The SMILES string of the molecule is CC1=CC[C@@H]2[C@H]3C(=O)/C=C(\O)[C@@H](C)C(=O)O[C@H](C)/C=C/C=C\[C@@H](C)[C@H]3C=C[C@H]2C1. The largest absolute Gasteiger partial charge is 0.511 e. The van der Waals surface area contributed by atoms with Crippen molar-refractivity contribution < 1.29 is 19.4 Å². The molecule has 0 spiro atoms. The quantitative estimate of drug-likeness (QED) is 0.457. The summed E-state index contributed by atoms with van der Waals surface area (Å²) in [5.74, 6) is -1.14. The van der Waals surface area contributed by atoms with Gasteiger partial charge in [0.05, 0.1) is 0 Å². The number of hydrogen-bond donors (Lipinski definition) is 1. The maximum absolute atomic E-state index is 13.3. The van der Waals surface area contributed by atoms with Crippen LogP contribution in [0.2, 0.25) is 0 Å². The van der Waals surface area contributed by atoms with E-state index in [9.17, 15) is 14.7 Å². The van der Waals surface area contributed by atoms with Crippen molar-refractivity contribution in [3.8, 4) is 0 Å². The van der Waals surface area contributed by atoms with Gasteiger partial charge in [-0.1, -0.05) is 49.0 Å². The first-order valence-electron chi connectivity index (χ1n) is 10.6. The highest BCUT2D eigenvalue weighted by Crippen LogP contribution is 2.45. The van der Waals surface area contributed by atoms with Crippen LogP contribution in [0, 0.1) is 35.5 Å². The van der Waals surface area contributed by atoms with E-state index in [1.165, 1.54) is 11.6 Å². The van der Waals surface area contributed by atoms with Crippen LogP contribution < -0.4 is 0 Å². The summed E-state index contributed by atoms with van der Waals surface area (Å²) in [5, 5.41) is 10.5. The minimum Gasteiger partial charge on any atom is -0.511 e. The summed E-state index contributed by atoms with van der Waals surface area (Å²) in [6.07, 6.45) is 17.2. The Bertz CT molecular complexity index is 798. The van der Waals surface area contributed by atoms with E-state index in [1.807, 2.05) is 18.2 Å². The molecule has 1 aliphatic heterocycles. The zero-order valence-electron chi connectivity index (χ0n) is 17.7. The third-order valence-corrected chi connectivity index (χ3v) is 6.54. The van der Waals surface area contributed by atoms with Crippen molar-refractivity contribution in [2.45, 2.75) is 46.6 Å². The standard InChI is InChI=1S/C25H32O4/c1-15-9-11-21-19(13-15)10-12-20-16(2)7-5-6-8-17(3)29-25(28)18(4)22(26)14-23(27)24(20)21/h5-10,12,14,16-21,24,26H,11,13H2,1-4H3/b7-5-,8-6+,22-14-/t16-,17-,18-,19+,20-,21+,24+/m1/s1. The Morgan fingerprint density at radius 3 is 2.52 bits per heavy atom. The molecule has 0 amide bonds. The molecule has 1 N–H and O–H groups in total. The van der Waals surface area contributed by atoms with E-state index in [4.69, 9.17) is 4.74 Å². The molecule has 7 atom stereocenters. The minimum absolute atomic E-state index is 0.0619. The Kier molecular flexibility index (Phi) is 6.61. The molecule has 0 bridgehead atoms. The van der Waals surface area contributed by atoms with Gasteiger partial charge in [-0.3, -0.25) is 9.59 Å². The first kappa shape index (κ1) is 21.4. The zero-order chi connectivity index (χ0) is 21.1. The number of ether oxygens (including phenoxy) is 1. The van der Waals surface area contributed by atoms with Crippen molar-refractivity contribution in [3.63, 3.8) is 0 Å². The van der Waals surface area contributed by atoms with E-state index in [-0.39, 0.29) is 35.2 Å². The number of aliphatic hydroxyl groups excluding tert-OH is 1. The van der Waals surface area contributed by atoms with Crippen molar-refractivity contribution in [1.29, 1.82) is 0 Å². The lowest BCUT2D eigenvalue weighted by Crippen LogP contribution is -2.40. The second-order valence-electron chi connectivity index (χ2n) is 8.77. The van der Waals surface area contributed by atoms with E-state index < -0.39 is 18.0 Å². The molecule has 2 aliphatic carbocycles. The van der Waals surface area contributed by atoms with Crippen LogP contribution in [0.25, 0.3) is 0 Å². The molecule has 0 aromatic rings. The number of carbonyl (C=O) groups is 2. The number of cyclic esters (lactones) is 1. The molecule has 3 rings (SSSR count). The van der Waals surface area contributed by atoms with E-state index in [2.05, 4.69) is 38.2 Å². The molecule has 156 valence electrons. The van der Waals surface area contributed by atoms with Gasteiger partial charge in [0.2, 0.25) is 0 Å². The third-order valence-electron chi connectivity index (χ3n) is 6.54. The smallest absolute Gasteiger partial charge is 0.316 e. The van der Waals surface area contributed by atoms with Crippen molar-refractivity contribution in [2.24, 2.45) is 35.5 Å². The molecule has 0 aromatic carbocycles. The van der Waals surface area contributed by atoms with E-state index >= 15 is 0 Å². The van der Waals surface area contributed by atoms with Crippen LogP contribution in [-0.4, -0.2) is 23.0 Å². The average Bonchev–Trinajstić information content (AvgIpc) is 2.68. The highest BCUT2D eigenvalue weighted by molar-refractivity contribution is 5.94. The summed E-state index contributed by atoms with van der Waals surface area (Å²) in [7, 11) is 0. The fourth-order valence-electron chi connectivity index (χ4n) is 4.72. The van der Waals surface area contributed by atoms with Gasteiger partial charge < -0.3 is 9.84 Å². The van der Waals surface area contributed by atoms with Crippen LogP contribution in [0.5, 0.6) is 0 Å². The first-order chi connectivity index (χ1) is 13.8. The van der Waals surface area contributed by atoms with Crippen LogP contribution in [-0.2, 0) is 14.3 Å². The number of carbonyl (C=O) groups excluding carboxylic acids is 2. The van der Waals surface area contributed by atoms with Gasteiger partial charge in [-0.2, -0.15) is 0 Å².